The third kappa shape index (κ3) is 41.4. The molecule has 0 aromatic rings. The molecule has 2 atom stereocenters. The number of esters is 2. The third-order valence-corrected chi connectivity index (χ3v) is 10.2. The molecule has 9 nitrogen and oxygen atoms in total. The molecule has 0 saturated carbocycles. The number of ether oxygens (including phenoxy) is 2. The number of allylic oxidation sites excluding steroid dienone is 8. The maximum Gasteiger partial charge on any atom is 0.472 e. The Morgan fingerprint density at radius 2 is 0.945 bits per heavy atom. The van der Waals surface area contributed by atoms with E-state index >= 15 is 0 Å². The van der Waals surface area contributed by atoms with Crippen molar-refractivity contribution < 1.29 is 37.6 Å². The van der Waals surface area contributed by atoms with Crippen LogP contribution in [0.1, 0.15) is 194 Å². The Bertz CT molecular complexity index is 1040. The van der Waals surface area contributed by atoms with E-state index in [4.69, 9.17) is 24.3 Å². The molecule has 0 aliphatic carbocycles. The molecule has 0 aromatic heterocycles. The summed E-state index contributed by atoms with van der Waals surface area (Å²) in [5.74, 6) is -0.847. The van der Waals surface area contributed by atoms with Crippen molar-refractivity contribution >= 4 is 19.8 Å². The van der Waals surface area contributed by atoms with Gasteiger partial charge in [0.25, 0.3) is 0 Å². The number of carbonyl (C=O) groups is 2. The molecular weight excluding hydrogens is 713 g/mol. The summed E-state index contributed by atoms with van der Waals surface area (Å²) in [7, 11) is -4.38. The van der Waals surface area contributed by atoms with Crippen molar-refractivity contribution in [2.45, 2.75) is 200 Å². The first-order valence-corrected chi connectivity index (χ1v) is 23.6. The average Bonchev–Trinajstić information content (AvgIpc) is 3.17. The Balaban J connectivity index is 4.17. The van der Waals surface area contributed by atoms with E-state index in [0.717, 1.165) is 70.6 Å². The first-order valence-electron chi connectivity index (χ1n) is 22.1. The van der Waals surface area contributed by atoms with E-state index in [1.54, 1.807) is 0 Å². The van der Waals surface area contributed by atoms with Crippen LogP contribution in [0.15, 0.2) is 48.6 Å². The standard InChI is InChI=1S/C45H82NO8P/c1-3-5-7-9-11-13-15-17-19-21-23-25-27-29-31-33-35-37-44(47)51-41-43(42-53-55(49,50)52-40-39-46)54-45(48)38-36-34-32-30-28-26-24-22-20-18-16-14-12-10-8-6-4-2/h11-14,17-20,43H,3-10,15-16,21-42,46H2,1-2H3,(H,49,50)/t43-/m1/s1. The van der Waals surface area contributed by atoms with Gasteiger partial charge in [0.2, 0.25) is 0 Å². The fourth-order valence-electron chi connectivity index (χ4n) is 5.87. The number of unbranched alkanes of at least 4 members (excludes halogenated alkanes) is 20. The SMILES string of the molecule is CCCCCC=CCC=CCCCCCCCCCC(=O)OC[C@H](COP(=O)(O)OCCN)OC(=O)CCCCCCCCCC=CCC=CCCCCC. The van der Waals surface area contributed by atoms with Gasteiger partial charge in [0.05, 0.1) is 13.2 Å². The molecule has 0 rings (SSSR count). The summed E-state index contributed by atoms with van der Waals surface area (Å²) in [5, 5.41) is 0. The van der Waals surface area contributed by atoms with Gasteiger partial charge in [-0.3, -0.25) is 18.6 Å². The van der Waals surface area contributed by atoms with Crippen molar-refractivity contribution in [1.82, 2.24) is 0 Å². The van der Waals surface area contributed by atoms with Gasteiger partial charge in [-0.2, -0.15) is 0 Å². The lowest BCUT2D eigenvalue weighted by Gasteiger charge is -2.19. The fraction of sp³-hybridized carbons (Fsp3) is 0.778. The number of nitrogens with two attached hydrogens (primary N) is 1. The van der Waals surface area contributed by atoms with Crippen molar-refractivity contribution in [2.24, 2.45) is 5.73 Å². The van der Waals surface area contributed by atoms with Gasteiger partial charge in [-0.1, -0.05) is 152 Å². The Hall–Kier alpha value is -2.03. The lowest BCUT2D eigenvalue weighted by Crippen LogP contribution is -2.29. The van der Waals surface area contributed by atoms with Gasteiger partial charge >= 0.3 is 19.8 Å². The van der Waals surface area contributed by atoms with Crippen LogP contribution in [0, 0.1) is 0 Å². The molecule has 0 spiro atoms. The van der Waals surface area contributed by atoms with Gasteiger partial charge in [-0.05, 0) is 77.0 Å². The highest BCUT2D eigenvalue weighted by Crippen LogP contribution is 2.43. The Labute approximate surface area is 336 Å². The predicted octanol–water partition coefficient (Wildman–Crippen LogP) is 12.7. The molecule has 10 heteroatoms. The van der Waals surface area contributed by atoms with Crippen LogP contribution in [-0.2, 0) is 32.7 Å². The molecule has 0 fully saturated rings. The molecule has 55 heavy (non-hydrogen) atoms. The quantitative estimate of drug-likeness (QED) is 0.0268. The fourth-order valence-corrected chi connectivity index (χ4v) is 6.64. The van der Waals surface area contributed by atoms with Crippen LogP contribution in [0.3, 0.4) is 0 Å². The molecule has 0 heterocycles. The van der Waals surface area contributed by atoms with Crippen LogP contribution in [0.25, 0.3) is 0 Å². The van der Waals surface area contributed by atoms with E-state index in [2.05, 4.69) is 62.5 Å². The number of hydrogen-bond donors (Lipinski definition) is 2. The first kappa shape index (κ1) is 53.0. The van der Waals surface area contributed by atoms with Crippen LogP contribution >= 0.6 is 7.82 Å². The highest BCUT2D eigenvalue weighted by atomic mass is 31.2. The number of phosphoric ester groups is 1. The highest BCUT2D eigenvalue weighted by Gasteiger charge is 2.26. The summed E-state index contributed by atoms with van der Waals surface area (Å²) in [6.45, 7) is 3.67. The molecule has 0 amide bonds. The normalized spacial score (nSPS) is 13.7. The highest BCUT2D eigenvalue weighted by molar-refractivity contribution is 7.47. The van der Waals surface area contributed by atoms with E-state index < -0.39 is 32.5 Å². The maximum absolute atomic E-state index is 12.6. The van der Waals surface area contributed by atoms with Crippen molar-refractivity contribution in [2.75, 3.05) is 26.4 Å². The largest absolute Gasteiger partial charge is 0.472 e. The average molecular weight is 796 g/mol. The minimum absolute atomic E-state index is 0.0494. The molecule has 0 aliphatic heterocycles. The van der Waals surface area contributed by atoms with Crippen LogP contribution < -0.4 is 5.73 Å². The molecule has 0 bridgehead atoms. The lowest BCUT2D eigenvalue weighted by atomic mass is 10.1. The topological polar surface area (TPSA) is 134 Å². The molecule has 1 unspecified atom stereocenters. The second-order valence-corrected chi connectivity index (χ2v) is 16.0. The van der Waals surface area contributed by atoms with Gasteiger partial charge < -0.3 is 20.1 Å². The molecule has 0 aliphatic rings. The molecular formula is C45H82NO8P. The minimum Gasteiger partial charge on any atom is -0.462 e. The van der Waals surface area contributed by atoms with Crippen LogP contribution in [0.4, 0.5) is 0 Å². The molecule has 320 valence electrons. The lowest BCUT2D eigenvalue weighted by molar-refractivity contribution is -0.161. The van der Waals surface area contributed by atoms with Crippen molar-refractivity contribution in [3.63, 3.8) is 0 Å². The van der Waals surface area contributed by atoms with Gasteiger partial charge in [-0.15, -0.1) is 0 Å². The maximum atomic E-state index is 12.6. The number of hydrogen-bond acceptors (Lipinski definition) is 8. The van der Waals surface area contributed by atoms with Gasteiger partial charge in [0.15, 0.2) is 6.10 Å². The smallest absolute Gasteiger partial charge is 0.462 e. The van der Waals surface area contributed by atoms with Crippen LogP contribution in [0.2, 0.25) is 0 Å². The summed E-state index contributed by atoms with van der Waals surface area (Å²) >= 11 is 0. The Morgan fingerprint density at radius 3 is 1.38 bits per heavy atom. The molecule has 0 saturated heterocycles. The van der Waals surface area contributed by atoms with Gasteiger partial charge in [0, 0.05) is 19.4 Å². The summed E-state index contributed by atoms with van der Waals surface area (Å²) in [4.78, 5) is 34.9. The summed E-state index contributed by atoms with van der Waals surface area (Å²) in [6, 6.07) is 0. The third-order valence-electron chi connectivity index (χ3n) is 9.19. The number of carbonyl (C=O) groups excluding carboxylic acids is 2. The Kier molecular flexibility index (Phi) is 40.1. The number of phosphoric acid groups is 1. The minimum atomic E-state index is -4.38. The van der Waals surface area contributed by atoms with Gasteiger partial charge in [0.1, 0.15) is 6.61 Å². The summed E-state index contributed by atoms with van der Waals surface area (Å²) in [5.41, 5.74) is 5.35. The zero-order valence-corrected chi connectivity index (χ0v) is 36.0. The predicted molar refractivity (Wildman–Crippen MR) is 229 cm³/mol. The van der Waals surface area contributed by atoms with Crippen molar-refractivity contribution in [3.8, 4) is 0 Å². The monoisotopic (exact) mass is 796 g/mol. The van der Waals surface area contributed by atoms with E-state index in [1.807, 2.05) is 0 Å². The van der Waals surface area contributed by atoms with E-state index in [1.165, 1.54) is 89.9 Å². The van der Waals surface area contributed by atoms with Crippen molar-refractivity contribution in [3.05, 3.63) is 48.6 Å². The van der Waals surface area contributed by atoms with Crippen LogP contribution in [-0.4, -0.2) is 49.3 Å². The number of rotatable bonds is 41. The zero-order chi connectivity index (χ0) is 40.3. The molecule has 0 aromatic carbocycles. The van der Waals surface area contributed by atoms with E-state index in [9.17, 15) is 19.0 Å². The first-order chi connectivity index (χ1) is 26.8. The van der Waals surface area contributed by atoms with Gasteiger partial charge in [-0.25, -0.2) is 4.57 Å². The Morgan fingerprint density at radius 1 is 0.545 bits per heavy atom. The van der Waals surface area contributed by atoms with E-state index in [0.29, 0.717) is 6.42 Å². The molecule has 0 radical (unpaired) electrons. The van der Waals surface area contributed by atoms with E-state index in [-0.39, 0.29) is 32.6 Å². The van der Waals surface area contributed by atoms with Crippen LogP contribution in [0.5, 0.6) is 0 Å². The van der Waals surface area contributed by atoms with Crippen molar-refractivity contribution in [1.29, 1.82) is 0 Å². The summed E-state index contributed by atoms with van der Waals surface area (Å²) < 4.78 is 32.8. The summed E-state index contributed by atoms with van der Waals surface area (Å²) in [6.07, 6.45) is 47.0. The second-order valence-electron chi connectivity index (χ2n) is 14.6. The second kappa shape index (κ2) is 41.6. The molecule has 3 N–H and O–H groups in total. The zero-order valence-electron chi connectivity index (χ0n) is 35.2.